The van der Waals surface area contributed by atoms with Gasteiger partial charge in [0, 0.05) is 0 Å². The van der Waals surface area contributed by atoms with Crippen LogP contribution >= 0.6 is 0 Å². The third-order valence-electron chi connectivity index (χ3n) is 1.17. The largest absolute Gasteiger partial charge is 0.412 e. The van der Waals surface area contributed by atoms with Gasteiger partial charge in [-0.3, -0.25) is 0 Å². The molecule has 0 atom stereocenters. The van der Waals surface area contributed by atoms with E-state index in [9.17, 15) is 0 Å². The fourth-order valence-corrected chi connectivity index (χ4v) is 0.602. The normalized spacial score (nSPS) is 8.40. The molecule has 0 aliphatic heterocycles. The highest BCUT2D eigenvalue weighted by molar-refractivity contribution is 5.76. The van der Waals surface area contributed by atoms with Crippen LogP contribution < -0.4 is 17.2 Å². The molecule has 4 heteroatoms. The van der Waals surface area contributed by atoms with Crippen molar-refractivity contribution in [2.75, 3.05) is 17.2 Å². The second kappa shape index (κ2) is 2.93. The highest BCUT2D eigenvalue weighted by Crippen LogP contribution is 2.20. The van der Waals surface area contributed by atoms with E-state index in [1.165, 1.54) is 0 Å². The number of nitrogen functional groups attached to an aromatic ring is 3. The highest BCUT2D eigenvalue weighted by Gasteiger charge is 1.94. The van der Waals surface area contributed by atoms with Gasteiger partial charge in [0.15, 0.2) is 0 Å². The van der Waals surface area contributed by atoms with Crippen LogP contribution in [0.1, 0.15) is 0 Å². The SMILES string of the molecule is Nc1cccc(N)c1N.O. The Labute approximate surface area is 58.9 Å². The van der Waals surface area contributed by atoms with Crippen LogP contribution in [0.5, 0.6) is 0 Å². The van der Waals surface area contributed by atoms with Crippen LogP contribution in [0, 0.1) is 0 Å². The molecule has 8 N–H and O–H groups in total. The van der Waals surface area contributed by atoms with E-state index in [0.717, 1.165) is 0 Å². The summed E-state index contributed by atoms with van der Waals surface area (Å²) in [6.45, 7) is 0. The summed E-state index contributed by atoms with van der Waals surface area (Å²) >= 11 is 0. The maximum Gasteiger partial charge on any atom is 0.0781 e. The minimum absolute atomic E-state index is 0. The van der Waals surface area contributed by atoms with Crippen LogP contribution in [-0.2, 0) is 0 Å². The topological polar surface area (TPSA) is 110 Å². The molecule has 0 spiro atoms. The molecule has 0 saturated carbocycles. The smallest absolute Gasteiger partial charge is 0.0781 e. The molecule has 0 saturated heterocycles. The number of rotatable bonds is 0. The van der Waals surface area contributed by atoms with Gasteiger partial charge in [0.05, 0.1) is 17.1 Å². The van der Waals surface area contributed by atoms with Crippen LogP contribution in [-0.4, -0.2) is 5.48 Å². The summed E-state index contributed by atoms with van der Waals surface area (Å²) < 4.78 is 0. The molecule has 4 nitrogen and oxygen atoms in total. The molecular formula is C6H11N3O. The lowest BCUT2D eigenvalue weighted by atomic mass is 10.2. The third-order valence-corrected chi connectivity index (χ3v) is 1.17. The number of benzene rings is 1. The Balaban J connectivity index is 0.000000810. The fraction of sp³-hybridized carbons (Fsp3) is 0. The highest BCUT2D eigenvalue weighted by atomic mass is 16.0. The molecule has 0 bridgehead atoms. The molecule has 1 aromatic rings. The standard InChI is InChI=1S/C6H9N3.H2O/c7-4-2-1-3-5(8)6(4)9;/h1-3H,7-9H2;1H2. The molecule has 0 radical (unpaired) electrons. The Kier molecular flexibility index (Phi) is 2.52. The Morgan fingerprint density at radius 3 is 1.60 bits per heavy atom. The number of hydrogen-bond acceptors (Lipinski definition) is 3. The second-order valence-electron chi connectivity index (χ2n) is 1.85. The van der Waals surface area contributed by atoms with Crippen molar-refractivity contribution in [2.24, 2.45) is 0 Å². The van der Waals surface area contributed by atoms with Crippen molar-refractivity contribution < 1.29 is 5.48 Å². The molecule has 1 rings (SSSR count). The van der Waals surface area contributed by atoms with Crippen molar-refractivity contribution in [1.29, 1.82) is 0 Å². The van der Waals surface area contributed by atoms with E-state index in [1.807, 2.05) is 0 Å². The van der Waals surface area contributed by atoms with Crippen molar-refractivity contribution in [3.8, 4) is 0 Å². The van der Waals surface area contributed by atoms with Crippen LogP contribution in [0.3, 0.4) is 0 Å². The van der Waals surface area contributed by atoms with Crippen molar-refractivity contribution >= 4 is 17.1 Å². The third kappa shape index (κ3) is 1.29. The summed E-state index contributed by atoms with van der Waals surface area (Å²) in [4.78, 5) is 0. The van der Waals surface area contributed by atoms with Gasteiger partial charge >= 0.3 is 0 Å². The van der Waals surface area contributed by atoms with Crippen molar-refractivity contribution in [3.63, 3.8) is 0 Å². The first kappa shape index (κ1) is 8.58. The van der Waals surface area contributed by atoms with Gasteiger partial charge in [0.1, 0.15) is 0 Å². The van der Waals surface area contributed by atoms with Gasteiger partial charge in [-0.15, -0.1) is 0 Å². The van der Waals surface area contributed by atoms with E-state index in [2.05, 4.69) is 0 Å². The van der Waals surface area contributed by atoms with E-state index in [-0.39, 0.29) is 5.48 Å². The Morgan fingerprint density at radius 1 is 0.900 bits per heavy atom. The van der Waals surface area contributed by atoms with E-state index >= 15 is 0 Å². The fourth-order valence-electron chi connectivity index (χ4n) is 0.602. The maximum atomic E-state index is 5.43. The first-order valence-corrected chi connectivity index (χ1v) is 2.61. The molecule has 0 heterocycles. The maximum absolute atomic E-state index is 5.43. The molecular weight excluding hydrogens is 130 g/mol. The van der Waals surface area contributed by atoms with Gasteiger partial charge in [-0.05, 0) is 12.1 Å². The van der Waals surface area contributed by atoms with Crippen LogP contribution in [0.2, 0.25) is 0 Å². The molecule has 0 unspecified atom stereocenters. The average molecular weight is 141 g/mol. The van der Waals surface area contributed by atoms with Gasteiger partial charge in [-0.25, -0.2) is 0 Å². The van der Waals surface area contributed by atoms with Crippen LogP contribution in [0.4, 0.5) is 17.1 Å². The Hall–Kier alpha value is -1.42. The summed E-state index contributed by atoms with van der Waals surface area (Å²) in [5, 5.41) is 0. The van der Waals surface area contributed by atoms with Crippen molar-refractivity contribution in [1.82, 2.24) is 0 Å². The molecule has 0 aliphatic rings. The predicted molar refractivity (Wildman–Crippen MR) is 43.3 cm³/mol. The molecule has 0 fully saturated rings. The summed E-state index contributed by atoms with van der Waals surface area (Å²) in [5.74, 6) is 0. The zero-order valence-corrected chi connectivity index (χ0v) is 5.46. The number of hydrogen-bond donors (Lipinski definition) is 3. The minimum atomic E-state index is 0. The molecule has 0 aromatic heterocycles. The molecule has 10 heavy (non-hydrogen) atoms. The number of para-hydroxylation sites is 1. The summed E-state index contributed by atoms with van der Waals surface area (Å²) in [6, 6.07) is 5.19. The average Bonchev–Trinajstić information content (AvgIpc) is 1.83. The van der Waals surface area contributed by atoms with Gasteiger partial charge in [0.2, 0.25) is 0 Å². The summed E-state index contributed by atoms with van der Waals surface area (Å²) in [5.41, 5.74) is 17.8. The number of nitrogens with two attached hydrogens (primary N) is 3. The zero-order chi connectivity index (χ0) is 6.85. The lowest BCUT2D eigenvalue weighted by Gasteiger charge is -2.00. The van der Waals surface area contributed by atoms with Crippen LogP contribution in [0.15, 0.2) is 18.2 Å². The number of anilines is 3. The van der Waals surface area contributed by atoms with E-state index in [1.54, 1.807) is 18.2 Å². The molecule has 1 aromatic carbocycles. The molecule has 0 amide bonds. The monoisotopic (exact) mass is 141 g/mol. The van der Waals surface area contributed by atoms with Gasteiger partial charge in [-0.1, -0.05) is 6.07 Å². The van der Waals surface area contributed by atoms with Crippen LogP contribution in [0.25, 0.3) is 0 Å². The lowest BCUT2D eigenvalue weighted by Crippen LogP contribution is -1.98. The van der Waals surface area contributed by atoms with Gasteiger partial charge in [0.25, 0.3) is 0 Å². The Bertz CT molecular complexity index is 204. The van der Waals surface area contributed by atoms with Gasteiger partial charge in [-0.2, -0.15) is 0 Å². The first-order chi connectivity index (χ1) is 4.22. The second-order valence-corrected chi connectivity index (χ2v) is 1.85. The Morgan fingerprint density at radius 2 is 1.30 bits per heavy atom. The molecule has 56 valence electrons. The van der Waals surface area contributed by atoms with E-state index < -0.39 is 0 Å². The van der Waals surface area contributed by atoms with Crippen molar-refractivity contribution in [3.05, 3.63) is 18.2 Å². The molecule has 0 aliphatic carbocycles. The first-order valence-electron chi connectivity index (χ1n) is 2.61. The van der Waals surface area contributed by atoms with E-state index in [4.69, 9.17) is 17.2 Å². The predicted octanol–water partition coefficient (Wildman–Crippen LogP) is -0.392. The lowest BCUT2D eigenvalue weighted by molar-refractivity contribution is 0.824. The van der Waals surface area contributed by atoms with E-state index in [0.29, 0.717) is 17.1 Å². The zero-order valence-electron chi connectivity index (χ0n) is 5.46. The van der Waals surface area contributed by atoms with Crippen molar-refractivity contribution in [2.45, 2.75) is 0 Å². The summed E-state index contributed by atoms with van der Waals surface area (Å²) in [7, 11) is 0. The quantitative estimate of drug-likeness (QED) is 0.428. The van der Waals surface area contributed by atoms with Gasteiger partial charge < -0.3 is 22.7 Å². The minimum Gasteiger partial charge on any atom is -0.412 e. The summed E-state index contributed by atoms with van der Waals surface area (Å²) in [6.07, 6.45) is 0.